The van der Waals surface area contributed by atoms with Crippen LogP contribution >= 0.6 is 0 Å². The third-order valence-corrected chi connectivity index (χ3v) is 2.81. The van der Waals surface area contributed by atoms with Crippen LogP contribution in [0.4, 0.5) is 0 Å². The van der Waals surface area contributed by atoms with E-state index in [4.69, 9.17) is 0 Å². The normalized spacial score (nSPS) is 12.2. The highest BCUT2D eigenvalue weighted by atomic mass is 16.1. The Hall–Kier alpha value is -2.16. The summed E-state index contributed by atoms with van der Waals surface area (Å²) in [6.45, 7) is 3.91. The topological polar surface area (TPSA) is 42.0 Å². The van der Waals surface area contributed by atoms with E-state index in [2.05, 4.69) is 10.3 Å². The monoisotopic (exact) mass is 254 g/mol. The summed E-state index contributed by atoms with van der Waals surface area (Å²) in [6, 6.07) is 15.5. The van der Waals surface area contributed by atoms with Gasteiger partial charge in [0.1, 0.15) is 5.92 Å². The van der Waals surface area contributed by atoms with Crippen molar-refractivity contribution in [2.45, 2.75) is 25.8 Å². The third kappa shape index (κ3) is 3.41. The molecule has 1 N–H and O–H groups in total. The van der Waals surface area contributed by atoms with Crippen LogP contribution in [0.1, 0.15) is 31.0 Å². The van der Waals surface area contributed by atoms with E-state index in [-0.39, 0.29) is 17.9 Å². The molecule has 0 saturated carbocycles. The second-order valence-electron chi connectivity index (χ2n) is 4.76. The fraction of sp³-hybridized carbons (Fsp3) is 0.250. The maximum absolute atomic E-state index is 12.4. The molecule has 2 rings (SSSR count). The summed E-state index contributed by atoms with van der Waals surface area (Å²) in [5, 5.41) is 2.96. The van der Waals surface area contributed by atoms with Crippen LogP contribution in [0.25, 0.3) is 0 Å². The van der Waals surface area contributed by atoms with Crippen LogP contribution in [0, 0.1) is 0 Å². The number of carbonyl (C=O) groups excluding carboxylic acids is 1. The molecule has 0 aliphatic heterocycles. The highest BCUT2D eigenvalue weighted by molar-refractivity contribution is 5.86. The number of carbonyl (C=O) groups is 1. The lowest BCUT2D eigenvalue weighted by atomic mass is 9.94. The molecule has 1 atom stereocenters. The molecule has 1 unspecified atom stereocenters. The van der Waals surface area contributed by atoms with Gasteiger partial charge in [0.2, 0.25) is 5.91 Å². The molecule has 0 spiro atoms. The lowest BCUT2D eigenvalue weighted by Crippen LogP contribution is -2.35. The summed E-state index contributed by atoms with van der Waals surface area (Å²) < 4.78 is 0. The van der Waals surface area contributed by atoms with Crippen molar-refractivity contribution in [2.24, 2.45) is 0 Å². The molecule has 1 aromatic heterocycles. The number of pyridine rings is 1. The summed E-state index contributed by atoms with van der Waals surface area (Å²) in [5.74, 6) is -0.371. The van der Waals surface area contributed by atoms with Crippen LogP contribution in [0.3, 0.4) is 0 Å². The Labute approximate surface area is 113 Å². The number of amides is 1. The predicted octanol–water partition coefficient (Wildman–Crippen LogP) is 2.74. The largest absolute Gasteiger partial charge is 0.353 e. The first-order valence-electron chi connectivity index (χ1n) is 6.44. The zero-order chi connectivity index (χ0) is 13.7. The maximum Gasteiger partial charge on any atom is 0.233 e. The van der Waals surface area contributed by atoms with Gasteiger partial charge in [0.05, 0.1) is 5.69 Å². The summed E-state index contributed by atoms with van der Waals surface area (Å²) in [5.41, 5.74) is 1.73. The van der Waals surface area contributed by atoms with E-state index in [0.29, 0.717) is 0 Å². The van der Waals surface area contributed by atoms with Gasteiger partial charge in [0, 0.05) is 12.2 Å². The molecule has 3 nitrogen and oxygen atoms in total. The quantitative estimate of drug-likeness (QED) is 0.911. The minimum atomic E-state index is -0.357. The zero-order valence-electron chi connectivity index (χ0n) is 11.2. The van der Waals surface area contributed by atoms with Gasteiger partial charge in [-0.2, -0.15) is 0 Å². The van der Waals surface area contributed by atoms with Crippen LogP contribution in [-0.4, -0.2) is 16.9 Å². The smallest absolute Gasteiger partial charge is 0.233 e. The molecule has 1 aromatic carbocycles. The standard InChI is InChI=1S/C16H18N2O/c1-12(2)18-16(19)15(13-8-4-3-5-9-13)14-10-6-7-11-17-14/h3-12,15H,1-2H3,(H,18,19). The van der Waals surface area contributed by atoms with Gasteiger partial charge in [-0.15, -0.1) is 0 Å². The minimum absolute atomic E-state index is 0.0140. The molecular weight excluding hydrogens is 236 g/mol. The number of benzene rings is 1. The van der Waals surface area contributed by atoms with Gasteiger partial charge in [0.15, 0.2) is 0 Å². The first-order valence-corrected chi connectivity index (χ1v) is 6.44. The molecule has 0 bridgehead atoms. The number of rotatable bonds is 4. The Bertz CT molecular complexity index is 483. The van der Waals surface area contributed by atoms with Gasteiger partial charge in [-0.1, -0.05) is 36.4 Å². The first kappa shape index (κ1) is 13.3. The van der Waals surface area contributed by atoms with E-state index in [1.165, 1.54) is 0 Å². The SMILES string of the molecule is CC(C)NC(=O)C(c1ccccc1)c1ccccn1. The summed E-state index contributed by atoms with van der Waals surface area (Å²) in [4.78, 5) is 16.7. The van der Waals surface area contributed by atoms with E-state index in [9.17, 15) is 4.79 Å². The number of aromatic nitrogens is 1. The highest BCUT2D eigenvalue weighted by Crippen LogP contribution is 2.23. The van der Waals surface area contributed by atoms with Crippen molar-refractivity contribution >= 4 is 5.91 Å². The van der Waals surface area contributed by atoms with E-state index < -0.39 is 0 Å². The minimum Gasteiger partial charge on any atom is -0.353 e. The van der Waals surface area contributed by atoms with Gasteiger partial charge in [-0.3, -0.25) is 9.78 Å². The van der Waals surface area contributed by atoms with Crippen molar-refractivity contribution < 1.29 is 4.79 Å². The molecular formula is C16H18N2O. The molecule has 0 aliphatic rings. The lowest BCUT2D eigenvalue weighted by molar-refractivity contribution is -0.122. The average molecular weight is 254 g/mol. The maximum atomic E-state index is 12.4. The molecule has 0 fully saturated rings. The van der Waals surface area contributed by atoms with Gasteiger partial charge < -0.3 is 5.32 Å². The lowest BCUT2D eigenvalue weighted by Gasteiger charge is -2.18. The predicted molar refractivity (Wildman–Crippen MR) is 75.8 cm³/mol. The average Bonchev–Trinajstić information content (AvgIpc) is 2.40. The highest BCUT2D eigenvalue weighted by Gasteiger charge is 2.23. The van der Waals surface area contributed by atoms with Crippen LogP contribution in [0.15, 0.2) is 54.7 Å². The zero-order valence-corrected chi connectivity index (χ0v) is 11.2. The van der Waals surface area contributed by atoms with Crippen molar-refractivity contribution in [1.29, 1.82) is 0 Å². The molecule has 0 aliphatic carbocycles. The van der Waals surface area contributed by atoms with E-state index in [1.54, 1.807) is 6.20 Å². The van der Waals surface area contributed by atoms with Crippen LogP contribution in [-0.2, 0) is 4.79 Å². The van der Waals surface area contributed by atoms with Crippen LogP contribution in [0.2, 0.25) is 0 Å². The number of nitrogens with one attached hydrogen (secondary N) is 1. The van der Waals surface area contributed by atoms with E-state index in [0.717, 1.165) is 11.3 Å². The second-order valence-corrected chi connectivity index (χ2v) is 4.76. The molecule has 98 valence electrons. The molecule has 0 saturated heterocycles. The number of hydrogen-bond donors (Lipinski definition) is 1. The molecule has 3 heteroatoms. The summed E-state index contributed by atoms with van der Waals surface area (Å²) >= 11 is 0. The van der Waals surface area contributed by atoms with Gasteiger partial charge >= 0.3 is 0 Å². The Kier molecular flexibility index (Phi) is 4.29. The molecule has 1 heterocycles. The van der Waals surface area contributed by atoms with Crippen molar-refractivity contribution in [3.05, 3.63) is 66.0 Å². The van der Waals surface area contributed by atoms with Crippen molar-refractivity contribution in [3.8, 4) is 0 Å². The van der Waals surface area contributed by atoms with Crippen molar-refractivity contribution in [1.82, 2.24) is 10.3 Å². The Balaban J connectivity index is 2.37. The Morgan fingerprint density at radius 2 is 1.74 bits per heavy atom. The number of nitrogens with zero attached hydrogens (tertiary/aromatic N) is 1. The number of hydrogen-bond acceptors (Lipinski definition) is 2. The van der Waals surface area contributed by atoms with Crippen molar-refractivity contribution in [2.75, 3.05) is 0 Å². The first-order chi connectivity index (χ1) is 9.18. The Morgan fingerprint density at radius 1 is 1.05 bits per heavy atom. The second kappa shape index (κ2) is 6.14. The molecule has 2 aromatic rings. The molecule has 1 amide bonds. The summed E-state index contributed by atoms with van der Waals surface area (Å²) in [6.07, 6.45) is 1.72. The van der Waals surface area contributed by atoms with Crippen LogP contribution < -0.4 is 5.32 Å². The van der Waals surface area contributed by atoms with Gasteiger partial charge in [0.25, 0.3) is 0 Å². The summed E-state index contributed by atoms with van der Waals surface area (Å²) in [7, 11) is 0. The van der Waals surface area contributed by atoms with Gasteiger partial charge in [-0.05, 0) is 31.5 Å². The van der Waals surface area contributed by atoms with Gasteiger partial charge in [-0.25, -0.2) is 0 Å². The molecule has 19 heavy (non-hydrogen) atoms. The fourth-order valence-electron chi connectivity index (χ4n) is 2.02. The Morgan fingerprint density at radius 3 is 2.32 bits per heavy atom. The fourth-order valence-corrected chi connectivity index (χ4v) is 2.02. The van der Waals surface area contributed by atoms with Crippen molar-refractivity contribution in [3.63, 3.8) is 0 Å². The van der Waals surface area contributed by atoms with E-state index in [1.807, 2.05) is 62.4 Å². The molecule has 0 radical (unpaired) electrons. The van der Waals surface area contributed by atoms with Crippen LogP contribution in [0.5, 0.6) is 0 Å². The third-order valence-electron chi connectivity index (χ3n) is 2.81. The van der Waals surface area contributed by atoms with E-state index >= 15 is 0 Å².